The molecule has 0 atom stereocenters. The topological polar surface area (TPSA) is 46.5 Å². The maximum absolute atomic E-state index is 5.19. The van der Waals surface area contributed by atoms with Gasteiger partial charge < -0.3 is 0 Å². The SMILES string of the molecule is CCc1cc(=S)n(-c2cccnn2)[nH]1. The lowest BCUT2D eigenvalue weighted by Crippen LogP contribution is -2.00. The average Bonchev–Trinajstić information content (AvgIpc) is 2.61. The summed E-state index contributed by atoms with van der Waals surface area (Å²) in [5, 5.41) is 10.9. The Morgan fingerprint density at radius 3 is 3.00 bits per heavy atom. The molecule has 2 rings (SSSR count). The van der Waals surface area contributed by atoms with Gasteiger partial charge in [0.2, 0.25) is 0 Å². The molecule has 72 valence electrons. The van der Waals surface area contributed by atoms with E-state index in [1.807, 2.05) is 18.2 Å². The highest BCUT2D eigenvalue weighted by molar-refractivity contribution is 7.71. The molecule has 0 radical (unpaired) electrons. The Hall–Kier alpha value is -1.49. The van der Waals surface area contributed by atoms with E-state index in [-0.39, 0.29) is 0 Å². The van der Waals surface area contributed by atoms with Gasteiger partial charge >= 0.3 is 0 Å². The van der Waals surface area contributed by atoms with Gasteiger partial charge in [-0.05, 0) is 24.6 Å². The van der Waals surface area contributed by atoms with Crippen LogP contribution in [-0.2, 0) is 6.42 Å². The molecule has 0 fully saturated rings. The van der Waals surface area contributed by atoms with Gasteiger partial charge in [0.15, 0.2) is 5.82 Å². The van der Waals surface area contributed by atoms with Gasteiger partial charge in [0.1, 0.15) is 4.64 Å². The Balaban J connectivity index is 2.52. The van der Waals surface area contributed by atoms with Crippen molar-refractivity contribution in [3.05, 3.63) is 34.7 Å². The lowest BCUT2D eigenvalue weighted by molar-refractivity contribution is 0.785. The molecule has 1 N–H and O–H groups in total. The Morgan fingerprint density at radius 1 is 1.57 bits per heavy atom. The first-order valence-corrected chi connectivity index (χ1v) is 4.81. The van der Waals surface area contributed by atoms with Crippen molar-refractivity contribution in [1.82, 2.24) is 20.0 Å². The molecular formula is C9H10N4S. The Morgan fingerprint density at radius 2 is 2.43 bits per heavy atom. The molecule has 0 aliphatic rings. The van der Waals surface area contributed by atoms with E-state index in [1.165, 1.54) is 0 Å². The predicted octanol–water partition coefficient (Wildman–Crippen LogP) is 1.89. The summed E-state index contributed by atoms with van der Waals surface area (Å²) in [4.78, 5) is 0. The number of hydrogen-bond donors (Lipinski definition) is 1. The normalized spacial score (nSPS) is 10.4. The van der Waals surface area contributed by atoms with Crippen LogP contribution in [0.5, 0.6) is 0 Å². The van der Waals surface area contributed by atoms with Crippen molar-refractivity contribution in [2.45, 2.75) is 13.3 Å². The quantitative estimate of drug-likeness (QED) is 0.763. The molecule has 2 aromatic rings. The smallest absolute Gasteiger partial charge is 0.175 e. The van der Waals surface area contributed by atoms with Crippen molar-refractivity contribution in [2.75, 3.05) is 0 Å². The zero-order valence-corrected chi connectivity index (χ0v) is 8.58. The molecule has 0 aromatic carbocycles. The van der Waals surface area contributed by atoms with E-state index >= 15 is 0 Å². The van der Waals surface area contributed by atoms with E-state index in [9.17, 15) is 0 Å². The molecule has 4 nitrogen and oxygen atoms in total. The largest absolute Gasteiger partial charge is 0.296 e. The lowest BCUT2D eigenvalue weighted by Gasteiger charge is -1.99. The molecule has 0 saturated carbocycles. The second-order valence-corrected chi connectivity index (χ2v) is 3.31. The zero-order valence-electron chi connectivity index (χ0n) is 7.77. The molecular weight excluding hydrogens is 196 g/mol. The zero-order chi connectivity index (χ0) is 9.97. The summed E-state index contributed by atoms with van der Waals surface area (Å²) >= 11 is 5.19. The summed E-state index contributed by atoms with van der Waals surface area (Å²) in [5.41, 5.74) is 1.10. The minimum atomic E-state index is 0.720. The highest BCUT2D eigenvalue weighted by Gasteiger charge is 2.01. The fourth-order valence-corrected chi connectivity index (χ4v) is 1.49. The number of aromatic amines is 1. The second kappa shape index (κ2) is 3.71. The summed E-state index contributed by atoms with van der Waals surface area (Å²) in [6.07, 6.45) is 2.56. The van der Waals surface area contributed by atoms with Gasteiger partial charge in [-0.15, -0.1) is 5.10 Å². The van der Waals surface area contributed by atoms with Crippen LogP contribution in [0.25, 0.3) is 5.82 Å². The Kier molecular flexibility index (Phi) is 2.41. The molecule has 0 spiro atoms. The van der Waals surface area contributed by atoms with Crippen LogP contribution < -0.4 is 0 Å². The Labute approximate surface area is 86.6 Å². The number of rotatable bonds is 2. The van der Waals surface area contributed by atoms with Gasteiger partial charge in [-0.25, -0.2) is 4.68 Å². The second-order valence-electron chi connectivity index (χ2n) is 2.89. The molecule has 14 heavy (non-hydrogen) atoms. The van der Waals surface area contributed by atoms with Crippen LogP contribution in [-0.4, -0.2) is 20.0 Å². The van der Waals surface area contributed by atoms with Crippen LogP contribution in [0.15, 0.2) is 24.4 Å². The molecule has 0 aliphatic carbocycles. The minimum Gasteiger partial charge on any atom is -0.296 e. The van der Waals surface area contributed by atoms with Gasteiger partial charge in [0, 0.05) is 11.9 Å². The summed E-state index contributed by atoms with van der Waals surface area (Å²) < 4.78 is 2.48. The maximum atomic E-state index is 5.19. The van der Waals surface area contributed by atoms with E-state index in [4.69, 9.17) is 12.2 Å². The first-order chi connectivity index (χ1) is 6.81. The fourth-order valence-electron chi connectivity index (χ4n) is 1.21. The molecule has 0 unspecified atom stereocenters. The summed E-state index contributed by atoms with van der Waals surface area (Å²) in [6, 6.07) is 5.62. The predicted molar refractivity (Wildman–Crippen MR) is 55.9 cm³/mol. The van der Waals surface area contributed by atoms with Gasteiger partial charge in [0.25, 0.3) is 0 Å². The van der Waals surface area contributed by atoms with Crippen LogP contribution in [0.4, 0.5) is 0 Å². The Bertz CT molecular complexity index is 471. The van der Waals surface area contributed by atoms with Crippen molar-refractivity contribution >= 4 is 12.2 Å². The van der Waals surface area contributed by atoms with Crippen LogP contribution in [0.1, 0.15) is 12.6 Å². The number of aromatic nitrogens is 4. The highest BCUT2D eigenvalue weighted by Crippen LogP contribution is 2.05. The highest BCUT2D eigenvalue weighted by atomic mass is 32.1. The molecule has 0 saturated heterocycles. The monoisotopic (exact) mass is 206 g/mol. The maximum Gasteiger partial charge on any atom is 0.175 e. The van der Waals surface area contributed by atoms with E-state index in [0.717, 1.165) is 22.6 Å². The van der Waals surface area contributed by atoms with Crippen LogP contribution in [0.2, 0.25) is 0 Å². The third kappa shape index (κ3) is 1.58. The summed E-state index contributed by atoms with van der Waals surface area (Å²) in [7, 11) is 0. The molecule has 2 heterocycles. The first-order valence-electron chi connectivity index (χ1n) is 4.40. The van der Waals surface area contributed by atoms with E-state index in [1.54, 1.807) is 10.9 Å². The average molecular weight is 206 g/mol. The summed E-state index contributed by atoms with van der Waals surface area (Å²) in [6.45, 7) is 2.07. The minimum absolute atomic E-state index is 0.720. The van der Waals surface area contributed by atoms with Gasteiger partial charge in [-0.3, -0.25) is 5.10 Å². The van der Waals surface area contributed by atoms with E-state index in [2.05, 4.69) is 22.2 Å². The standard InChI is InChI=1S/C9H10N4S/c1-2-7-6-9(14)13(12-7)8-4-3-5-10-11-8/h3-6,12H,2H2,1H3. The van der Waals surface area contributed by atoms with Crippen molar-refractivity contribution < 1.29 is 0 Å². The van der Waals surface area contributed by atoms with Crippen molar-refractivity contribution in [3.63, 3.8) is 0 Å². The molecule has 0 amide bonds. The van der Waals surface area contributed by atoms with Gasteiger partial charge in [-0.1, -0.05) is 19.1 Å². The van der Waals surface area contributed by atoms with E-state index < -0.39 is 0 Å². The lowest BCUT2D eigenvalue weighted by atomic mass is 10.4. The number of H-pyrrole nitrogens is 1. The number of nitrogens with one attached hydrogen (secondary N) is 1. The van der Waals surface area contributed by atoms with Crippen LogP contribution >= 0.6 is 12.2 Å². The van der Waals surface area contributed by atoms with E-state index in [0.29, 0.717) is 0 Å². The van der Waals surface area contributed by atoms with Crippen LogP contribution in [0, 0.1) is 4.64 Å². The van der Waals surface area contributed by atoms with Crippen molar-refractivity contribution in [2.24, 2.45) is 0 Å². The molecule has 2 aromatic heterocycles. The third-order valence-electron chi connectivity index (χ3n) is 1.94. The molecule has 0 aliphatic heterocycles. The van der Waals surface area contributed by atoms with Gasteiger partial charge in [-0.2, -0.15) is 5.10 Å². The van der Waals surface area contributed by atoms with Gasteiger partial charge in [0.05, 0.1) is 0 Å². The first kappa shape index (κ1) is 9.08. The number of hydrogen-bond acceptors (Lipinski definition) is 3. The number of aryl methyl sites for hydroxylation is 1. The molecule has 5 heteroatoms. The third-order valence-corrected chi connectivity index (χ3v) is 2.24. The number of nitrogens with zero attached hydrogens (tertiary/aromatic N) is 3. The summed E-state index contributed by atoms with van der Waals surface area (Å²) in [5.74, 6) is 0.720. The van der Waals surface area contributed by atoms with Crippen molar-refractivity contribution in [1.29, 1.82) is 0 Å². The van der Waals surface area contributed by atoms with Crippen molar-refractivity contribution in [3.8, 4) is 5.82 Å². The molecule has 0 bridgehead atoms. The van der Waals surface area contributed by atoms with Crippen LogP contribution in [0.3, 0.4) is 0 Å². The fraction of sp³-hybridized carbons (Fsp3) is 0.222.